The van der Waals surface area contributed by atoms with Crippen LogP contribution in [0.15, 0.2) is 18.2 Å². The molecule has 2 heterocycles. The second-order valence-corrected chi connectivity index (χ2v) is 4.78. The van der Waals surface area contributed by atoms with Gasteiger partial charge in [0.15, 0.2) is 5.78 Å². The first-order valence-corrected chi connectivity index (χ1v) is 6.54. The van der Waals surface area contributed by atoms with E-state index in [9.17, 15) is 4.79 Å². The van der Waals surface area contributed by atoms with Gasteiger partial charge in [-0.05, 0) is 37.6 Å². The molecular formula is C14H17N3O. The summed E-state index contributed by atoms with van der Waals surface area (Å²) in [6.07, 6.45) is 2.91. The van der Waals surface area contributed by atoms with E-state index in [0.717, 1.165) is 48.2 Å². The third-order valence-electron chi connectivity index (χ3n) is 3.53. The Kier molecular flexibility index (Phi) is 2.88. The van der Waals surface area contributed by atoms with Crippen molar-refractivity contribution in [2.24, 2.45) is 0 Å². The molecule has 0 saturated carbocycles. The molecule has 1 saturated heterocycles. The number of hydrogen-bond donors (Lipinski definition) is 2. The average Bonchev–Trinajstić information content (AvgIpc) is 3.05. The molecule has 1 aliphatic heterocycles. The van der Waals surface area contributed by atoms with Crippen molar-refractivity contribution in [3.05, 3.63) is 29.6 Å². The highest BCUT2D eigenvalue weighted by molar-refractivity contribution is 6.02. The van der Waals surface area contributed by atoms with E-state index in [1.54, 1.807) is 0 Å². The van der Waals surface area contributed by atoms with Crippen molar-refractivity contribution in [2.45, 2.75) is 32.2 Å². The Labute approximate surface area is 106 Å². The molecular weight excluding hydrogens is 226 g/mol. The van der Waals surface area contributed by atoms with Crippen LogP contribution in [0.25, 0.3) is 11.0 Å². The van der Waals surface area contributed by atoms with Gasteiger partial charge in [0, 0.05) is 12.0 Å². The van der Waals surface area contributed by atoms with Crippen molar-refractivity contribution in [3.63, 3.8) is 0 Å². The van der Waals surface area contributed by atoms with E-state index < -0.39 is 0 Å². The number of Topliss-reactive ketones (excluding diaryl/α,β-unsaturated/α-hetero) is 1. The van der Waals surface area contributed by atoms with Crippen molar-refractivity contribution in [2.75, 3.05) is 6.54 Å². The normalized spacial score (nSPS) is 19.5. The molecule has 4 heteroatoms. The average molecular weight is 243 g/mol. The number of aromatic nitrogens is 2. The highest BCUT2D eigenvalue weighted by atomic mass is 16.1. The number of carbonyl (C=O) groups excluding carboxylic acids is 1. The van der Waals surface area contributed by atoms with Crippen LogP contribution in [0.5, 0.6) is 0 Å². The van der Waals surface area contributed by atoms with Crippen LogP contribution < -0.4 is 5.32 Å². The highest BCUT2D eigenvalue weighted by Gasteiger charge is 2.23. The predicted molar refractivity (Wildman–Crippen MR) is 70.8 cm³/mol. The molecule has 1 atom stereocenters. The minimum atomic E-state index is -0.00369. The maximum Gasteiger partial charge on any atom is 0.179 e. The lowest BCUT2D eigenvalue weighted by atomic mass is 10.0. The lowest BCUT2D eigenvalue weighted by Gasteiger charge is -2.08. The fraction of sp³-hybridized carbons (Fsp3) is 0.429. The van der Waals surface area contributed by atoms with Gasteiger partial charge >= 0.3 is 0 Å². The Morgan fingerprint density at radius 2 is 2.39 bits per heavy atom. The molecule has 18 heavy (non-hydrogen) atoms. The van der Waals surface area contributed by atoms with Gasteiger partial charge < -0.3 is 10.3 Å². The van der Waals surface area contributed by atoms with Crippen molar-refractivity contribution in [3.8, 4) is 0 Å². The molecule has 0 spiro atoms. The number of benzene rings is 1. The third-order valence-corrected chi connectivity index (χ3v) is 3.53. The number of carbonyl (C=O) groups is 1. The van der Waals surface area contributed by atoms with Crippen LogP contribution >= 0.6 is 0 Å². The van der Waals surface area contributed by atoms with Crippen LogP contribution in [-0.2, 0) is 6.42 Å². The van der Waals surface area contributed by atoms with Crippen molar-refractivity contribution >= 4 is 16.8 Å². The summed E-state index contributed by atoms with van der Waals surface area (Å²) in [5, 5.41) is 3.24. The lowest BCUT2D eigenvalue weighted by molar-refractivity contribution is 0.0952. The number of rotatable bonds is 3. The van der Waals surface area contributed by atoms with Crippen LogP contribution in [0, 0.1) is 0 Å². The molecule has 1 aliphatic rings. The van der Waals surface area contributed by atoms with Crippen LogP contribution in [0.3, 0.4) is 0 Å². The molecule has 2 aromatic rings. The Morgan fingerprint density at radius 3 is 3.11 bits per heavy atom. The number of aromatic amines is 1. The molecule has 3 rings (SSSR count). The predicted octanol–water partition coefficient (Wildman–Crippen LogP) is 2.06. The summed E-state index contributed by atoms with van der Waals surface area (Å²) in [6.45, 7) is 3.01. The maximum atomic E-state index is 12.3. The van der Waals surface area contributed by atoms with Crippen molar-refractivity contribution in [1.29, 1.82) is 0 Å². The molecule has 0 amide bonds. The number of fused-ring (bicyclic) bond motifs is 1. The van der Waals surface area contributed by atoms with Crippen molar-refractivity contribution < 1.29 is 4.79 Å². The zero-order chi connectivity index (χ0) is 12.5. The van der Waals surface area contributed by atoms with Gasteiger partial charge in [0.05, 0.1) is 17.1 Å². The summed E-state index contributed by atoms with van der Waals surface area (Å²) in [7, 11) is 0. The number of aryl methyl sites for hydroxylation is 1. The number of H-pyrrole nitrogens is 1. The summed E-state index contributed by atoms with van der Waals surface area (Å²) in [5.74, 6) is 1.16. The van der Waals surface area contributed by atoms with Gasteiger partial charge in [-0.15, -0.1) is 0 Å². The molecule has 94 valence electrons. The first-order chi connectivity index (χ1) is 8.78. The van der Waals surface area contributed by atoms with Crippen LogP contribution in [0.2, 0.25) is 0 Å². The maximum absolute atomic E-state index is 12.3. The van der Waals surface area contributed by atoms with E-state index in [1.165, 1.54) is 0 Å². The molecule has 0 radical (unpaired) electrons. The topological polar surface area (TPSA) is 57.8 Å². The number of nitrogens with zero attached hydrogens (tertiary/aromatic N) is 1. The van der Waals surface area contributed by atoms with Crippen LogP contribution in [-0.4, -0.2) is 28.3 Å². The van der Waals surface area contributed by atoms with Crippen molar-refractivity contribution in [1.82, 2.24) is 15.3 Å². The SMILES string of the molecule is CCc1nc2ccc(C(=O)C3CCCN3)cc2[nH]1. The monoisotopic (exact) mass is 243 g/mol. The minimum absolute atomic E-state index is 0.00369. The van der Waals surface area contributed by atoms with E-state index in [2.05, 4.69) is 22.2 Å². The number of hydrogen-bond acceptors (Lipinski definition) is 3. The first-order valence-electron chi connectivity index (χ1n) is 6.54. The number of ketones is 1. The molecule has 1 aromatic carbocycles. The Balaban J connectivity index is 1.94. The fourth-order valence-electron chi connectivity index (χ4n) is 2.49. The van der Waals surface area contributed by atoms with Gasteiger partial charge in [0.2, 0.25) is 0 Å². The standard InChI is InChI=1S/C14H17N3O/c1-2-13-16-10-6-5-9(8-12(10)17-13)14(18)11-4-3-7-15-11/h5-6,8,11,15H,2-4,7H2,1H3,(H,16,17). The van der Waals surface area contributed by atoms with Gasteiger partial charge in [-0.25, -0.2) is 4.98 Å². The molecule has 0 aliphatic carbocycles. The summed E-state index contributed by atoms with van der Waals surface area (Å²) < 4.78 is 0. The van der Waals surface area contributed by atoms with Gasteiger partial charge in [-0.2, -0.15) is 0 Å². The molecule has 4 nitrogen and oxygen atoms in total. The lowest BCUT2D eigenvalue weighted by Crippen LogP contribution is -2.30. The summed E-state index contributed by atoms with van der Waals surface area (Å²) >= 11 is 0. The van der Waals surface area contributed by atoms with E-state index in [1.807, 2.05) is 18.2 Å². The third kappa shape index (κ3) is 1.93. The van der Waals surface area contributed by atoms with E-state index in [-0.39, 0.29) is 11.8 Å². The van der Waals surface area contributed by atoms with Gasteiger partial charge in [0.1, 0.15) is 5.82 Å². The fourth-order valence-corrected chi connectivity index (χ4v) is 2.49. The molecule has 1 fully saturated rings. The van der Waals surface area contributed by atoms with E-state index in [4.69, 9.17) is 0 Å². The molecule has 2 N–H and O–H groups in total. The largest absolute Gasteiger partial charge is 0.342 e. The second-order valence-electron chi connectivity index (χ2n) is 4.78. The van der Waals surface area contributed by atoms with Crippen LogP contribution in [0.4, 0.5) is 0 Å². The van der Waals surface area contributed by atoms with E-state index >= 15 is 0 Å². The second kappa shape index (κ2) is 4.53. The Morgan fingerprint density at radius 1 is 1.50 bits per heavy atom. The quantitative estimate of drug-likeness (QED) is 0.811. The Bertz CT molecular complexity index is 582. The van der Waals surface area contributed by atoms with Crippen LogP contribution in [0.1, 0.15) is 35.9 Å². The van der Waals surface area contributed by atoms with Gasteiger partial charge in [-0.3, -0.25) is 4.79 Å². The number of nitrogens with one attached hydrogen (secondary N) is 2. The zero-order valence-electron chi connectivity index (χ0n) is 10.5. The zero-order valence-corrected chi connectivity index (χ0v) is 10.5. The van der Waals surface area contributed by atoms with Gasteiger partial charge in [0.25, 0.3) is 0 Å². The minimum Gasteiger partial charge on any atom is -0.342 e. The number of imidazole rings is 1. The summed E-state index contributed by atoms with van der Waals surface area (Å²) in [6, 6.07) is 5.72. The summed E-state index contributed by atoms with van der Waals surface area (Å²) in [4.78, 5) is 20.0. The smallest absolute Gasteiger partial charge is 0.179 e. The highest BCUT2D eigenvalue weighted by Crippen LogP contribution is 2.17. The summed E-state index contributed by atoms with van der Waals surface area (Å²) in [5.41, 5.74) is 2.66. The Hall–Kier alpha value is -1.68. The molecule has 1 aromatic heterocycles. The molecule has 1 unspecified atom stereocenters. The van der Waals surface area contributed by atoms with E-state index in [0.29, 0.717) is 0 Å². The first kappa shape index (κ1) is 11.4. The molecule has 0 bridgehead atoms. The van der Waals surface area contributed by atoms with Gasteiger partial charge in [-0.1, -0.05) is 6.92 Å².